The molecule has 0 saturated carbocycles. The van der Waals surface area contributed by atoms with Crippen LogP contribution >= 0.6 is 0 Å². The molecular formula is C21H30N6O2. The Morgan fingerprint density at radius 1 is 1.34 bits per heavy atom. The van der Waals surface area contributed by atoms with Crippen LogP contribution in [0, 0.1) is 0 Å². The monoisotopic (exact) mass is 398 g/mol. The zero-order chi connectivity index (χ0) is 20.9. The minimum atomic E-state index is -0.498. The van der Waals surface area contributed by atoms with Crippen molar-refractivity contribution in [1.82, 2.24) is 25.5 Å². The lowest BCUT2D eigenvalue weighted by Gasteiger charge is -2.23. The van der Waals surface area contributed by atoms with E-state index in [1.165, 1.54) is 0 Å². The van der Waals surface area contributed by atoms with Gasteiger partial charge in [-0.15, -0.1) is 0 Å². The molecule has 0 spiro atoms. The van der Waals surface area contributed by atoms with Gasteiger partial charge >= 0.3 is 6.09 Å². The summed E-state index contributed by atoms with van der Waals surface area (Å²) in [5.41, 5.74) is 1.59. The van der Waals surface area contributed by atoms with Crippen molar-refractivity contribution < 1.29 is 9.53 Å². The predicted octanol–water partition coefficient (Wildman–Crippen LogP) is 2.75. The van der Waals surface area contributed by atoms with Gasteiger partial charge in [-0.05, 0) is 32.8 Å². The SMILES string of the molecule is CN=C(NCc1ncc(-c2ccccc2)[nH]1)N1CCC(NC(=O)OC(C)(C)C)C1. The highest BCUT2D eigenvalue weighted by Crippen LogP contribution is 2.16. The van der Waals surface area contributed by atoms with Crippen LogP contribution in [-0.4, -0.2) is 58.7 Å². The topological polar surface area (TPSA) is 94.6 Å². The largest absolute Gasteiger partial charge is 0.444 e. The summed E-state index contributed by atoms with van der Waals surface area (Å²) >= 11 is 0. The van der Waals surface area contributed by atoms with Crippen molar-refractivity contribution in [3.8, 4) is 11.3 Å². The summed E-state index contributed by atoms with van der Waals surface area (Å²) < 4.78 is 5.34. The Kier molecular flexibility index (Phi) is 6.41. The van der Waals surface area contributed by atoms with E-state index in [2.05, 4.69) is 30.5 Å². The van der Waals surface area contributed by atoms with Crippen LogP contribution in [0.4, 0.5) is 4.79 Å². The van der Waals surface area contributed by atoms with Gasteiger partial charge in [-0.25, -0.2) is 9.78 Å². The normalized spacial score (nSPS) is 17.3. The fourth-order valence-electron chi connectivity index (χ4n) is 3.26. The molecule has 1 fully saturated rings. The van der Waals surface area contributed by atoms with Crippen LogP contribution in [0.1, 0.15) is 33.0 Å². The summed E-state index contributed by atoms with van der Waals surface area (Å²) in [6.07, 6.45) is 2.31. The second-order valence-electron chi connectivity index (χ2n) is 8.09. The van der Waals surface area contributed by atoms with Crippen LogP contribution in [0.15, 0.2) is 41.5 Å². The fourth-order valence-corrected chi connectivity index (χ4v) is 3.26. The second kappa shape index (κ2) is 8.98. The summed E-state index contributed by atoms with van der Waals surface area (Å²) in [4.78, 5) is 26.3. The molecule has 0 aliphatic carbocycles. The highest BCUT2D eigenvalue weighted by molar-refractivity contribution is 5.80. The van der Waals surface area contributed by atoms with E-state index in [4.69, 9.17) is 4.74 Å². The molecule has 1 aliphatic heterocycles. The van der Waals surface area contributed by atoms with Crippen LogP contribution in [0.5, 0.6) is 0 Å². The van der Waals surface area contributed by atoms with Gasteiger partial charge in [0, 0.05) is 20.1 Å². The van der Waals surface area contributed by atoms with Crippen molar-refractivity contribution >= 4 is 12.1 Å². The van der Waals surface area contributed by atoms with Crippen molar-refractivity contribution in [2.24, 2.45) is 4.99 Å². The minimum absolute atomic E-state index is 0.0386. The van der Waals surface area contributed by atoms with Gasteiger partial charge in [0.15, 0.2) is 5.96 Å². The molecule has 1 aromatic carbocycles. The molecule has 2 aromatic rings. The molecule has 0 bridgehead atoms. The van der Waals surface area contributed by atoms with Gasteiger partial charge in [0.05, 0.1) is 24.5 Å². The van der Waals surface area contributed by atoms with Crippen molar-refractivity contribution in [3.05, 3.63) is 42.4 Å². The quantitative estimate of drug-likeness (QED) is 0.544. The Morgan fingerprint density at radius 3 is 2.79 bits per heavy atom. The molecule has 156 valence electrons. The number of nitrogens with one attached hydrogen (secondary N) is 3. The Labute approximate surface area is 171 Å². The Hall–Kier alpha value is -3.03. The number of guanidine groups is 1. The van der Waals surface area contributed by atoms with Gasteiger partial charge in [0.2, 0.25) is 0 Å². The molecule has 1 atom stereocenters. The number of imidazole rings is 1. The molecule has 1 aromatic heterocycles. The summed E-state index contributed by atoms with van der Waals surface area (Å²) in [6, 6.07) is 10.1. The number of hydrogen-bond donors (Lipinski definition) is 3. The highest BCUT2D eigenvalue weighted by atomic mass is 16.6. The number of ether oxygens (including phenoxy) is 1. The van der Waals surface area contributed by atoms with E-state index in [1.54, 1.807) is 7.05 Å². The number of amides is 1. The van der Waals surface area contributed by atoms with Crippen LogP contribution < -0.4 is 10.6 Å². The van der Waals surface area contributed by atoms with E-state index in [-0.39, 0.29) is 12.1 Å². The van der Waals surface area contributed by atoms with Gasteiger partial charge < -0.3 is 25.3 Å². The molecule has 8 nitrogen and oxygen atoms in total. The number of benzene rings is 1. The van der Waals surface area contributed by atoms with E-state index in [0.717, 1.165) is 36.0 Å². The molecule has 29 heavy (non-hydrogen) atoms. The summed E-state index contributed by atoms with van der Waals surface area (Å²) in [5.74, 6) is 1.63. The first kappa shape index (κ1) is 20.7. The molecule has 3 N–H and O–H groups in total. The van der Waals surface area contributed by atoms with Crippen LogP contribution in [0.2, 0.25) is 0 Å². The van der Waals surface area contributed by atoms with Gasteiger partial charge in [-0.3, -0.25) is 4.99 Å². The second-order valence-corrected chi connectivity index (χ2v) is 8.09. The first-order chi connectivity index (χ1) is 13.8. The van der Waals surface area contributed by atoms with Crippen LogP contribution in [-0.2, 0) is 11.3 Å². The number of carbonyl (C=O) groups excluding carboxylic acids is 1. The van der Waals surface area contributed by atoms with Gasteiger partial charge in [0.25, 0.3) is 0 Å². The summed E-state index contributed by atoms with van der Waals surface area (Å²) in [7, 11) is 1.76. The fraction of sp³-hybridized carbons (Fsp3) is 0.476. The Balaban J connectivity index is 1.50. The zero-order valence-corrected chi connectivity index (χ0v) is 17.5. The molecule has 2 heterocycles. The smallest absolute Gasteiger partial charge is 0.407 e. The van der Waals surface area contributed by atoms with E-state index in [0.29, 0.717) is 13.1 Å². The summed E-state index contributed by atoms with van der Waals surface area (Å²) in [6.45, 7) is 7.62. The lowest BCUT2D eigenvalue weighted by Crippen LogP contribution is -2.44. The van der Waals surface area contributed by atoms with E-state index < -0.39 is 5.60 Å². The zero-order valence-electron chi connectivity index (χ0n) is 17.5. The molecule has 1 aliphatic rings. The number of H-pyrrole nitrogens is 1. The maximum absolute atomic E-state index is 12.0. The number of hydrogen-bond acceptors (Lipinski definition) is 4. The van der Waals surface area contributed by atoms with Gasteiger partial charge in [-0.1, -0.05) is 30.3 Å². The molecule has 1 saturated heterocycles. The number of carbonyl (C=O) groups is 1. The van der Waals surface area contributed by atoms with E-state index >= 15 is 0 Å². The Morgan fingerprint density at radius 2 is 2.10 bits per heavy atom. The molecule has 1 unspecified atom stereocenters. The highest BCUT2D eigenvalue weighted by Gasteiger charge is 2.27. The number of rotatable bonds is 4. The van der Waals surface area contributed by atoms with Crippen molar-refractivity contribution in [1.29, 1.82) is 0 Å². The van der Waals surface area contributed by atoms with Crippen molar-refractivity contribution in [2.45, 2.75) is 45.4 Å². The average Bonchev–Trinajstić information content (AvgIpc) is 3.31. The molecular weight excluding hydrogens is 368 g/mol. The van der Waals surface area contributed by atoms with Crippen molar-refractivity contribution in [2.75, 3.05) is 20.1 Å². The summed E-state index contributed by atoms with van der Waals surface area (Å²) in [5, 5.41) is 6.28. The van der Waals surface area contributed by atoms with E-state index in [1.807, 2.05) is 57.3 Å². The maximum Gasteiger partial charge on any atom is 0.407 e. The van der Waals surface area contributed by atoms with Gasteiger partial charge in [0.1, 0.15) is 11.4 Å². The number of nitrogens with zero attached hydrogens (tertiary/aromatic N) is 3. The van der Waals surface area contributed by atoms with E-state index in [9.17, 15) is 4.79 Å². The lowest BCUT2D eigenvalue weighted by molar-refractivity contribution is 0.0507. The number of alkyl carbamates (subject to hydrolysis) is 1. The third-order valence-electron chi connectivity index (χ3n) is 4.55. The predicted molar refractivity (Wildman–Crippen MR) is 114 cm³/mol. The van der Waals surface area contributed by atoms with Gasteiger partial charge in [-0.2, -0.15) is 0 Å². The lowest BCUT2D eigenvalue weighted by atomic mass is 10.2. The minimum Gasteiger partial charge on any atom is -0.444 e. The first-order valence-electron chi connectivity index (χ1n) is 9.88. The number of aromatic nitrogens is 2. The third kappa shape index (κ3) is 5.97. The molecule has 0 radical (unpaired) electrons. The van der Waals surface area contributed by atoms with Crippen LogP contribution in [0.3, 0.4) is 0 Å². The molecule has 8 heteroatoms. The Bertz CT molecular complexity index is 840. The number of aromatic amines is 1. The number of aliphatic imine (C=N–C) groups is 1. The third-order valence-corrected chi connectivity index (χ3v) is 4.55. The van der Waals surface area contributed by atoms with Crippen LogP contribution in [0.25, 0.3) is 11.3 Å². The van der Waals surface area contributed by atoms with Crippen molar-refractivity contribution in [3.63, 3.8) is 0 Å². The molecule has 1 amide bonds. The average molecular weight is 399 g/mol. The first-order valence-corrected chi connectivity index (χ1v) is 9.88. The maximum atomic E-state index is 12.0. The standard InChI is InChI=1S/C21H30N6O2/c1-21(2,3)29-20(28)25-16-10-11-27(14-16)19(22-4)24-13-18-23-12-17(26-18)15-8-6-5-7-9-15/h5-9,12,16H,10-11,13-14H2,1-4H3,(H,22,24)(H,23,26)(H,25,28). The molecule has 3 rings (SSSR count). The number of likely N-dealkylation sites (tertiary alicyclic amines) is 1.